The number of likely N-dealkylation sites (N-methyl/N-ethyl adjacent to an activating group) is 1. The highest BCUT2D eigenvalue weighted by Gasteiger charge is 2.34. The zero-order chi connectivity index (χ0) is 24.7. The fraction of sp³-hybridized carbons (Fsp3) is 0.120. The van der Waals surface area contributed by atoms with Crippen LogP contribution < -0.4 is 9.62 Å². The normalized spacial score (nSPS) is 15.5. The fourth-order valence-corrected chi connectivity index (χ4v) is 5.86. The van der Waals surface area contributed by atoms with Crippen LogP contribution in [0.2, 0.25) is 10.0 Å². The molecule has 1 N–H and O–H groups in total. The first kappa shape index (κ1) is 23.6. The third kappa shape index (κ3) is 4.34. The van der Waals surface area contributed by atoms with E-state index in [1.807, 2.05) is 30.3 Å². The average molecular weight is 527 g/mol. The maximum atomic E-state index is 13.0. The highest BCUT2D eigenvalue weighted by atomic mass is 35.5. The SMILES string of the molecule is CN1CCN(c2ccc(C(=O)Nc3ccc(Cl)c(-c4nccc5ccccc45)c3)c(Cl)c2)S1(=O)=O. The van der Waals surface area contributed by atoms with Crippen molar-refractivity contribution in [3.63, 3.8) is 0 Å². The molecule has 1 fully saturated rings. The van der Waals surface area contributed by atoms with Crippen LogP contribution in [0.4, 0.5) is 11.4 Å². The molecule has 0 aliphatic carbocycles. The van der Waals surface area contributed by atoms with Crippen molar-refractivity contribution in [2.75, 3.05) is 29.8 Å². The minimum Gasteiger partial charge on any atom is -0.322 e. The Kier molecular flexibility index (Phi) is 6.14. The van der Waals surface area contributed by atoms with Gasteiger partial charge >= 0.3 is 10.2 Å². The van der Waals surface area contributed by atoms with E-state index in [1.54, 1.807) is 30.5 Å². The van der Waals surface area contributed by atoms with Crippen molar-refractivity contribution in [2.24, 2.45) is 0 Å². The molecule has 1 amide bonds. The lowest BCUT2D eigenvalue weighted by atomic mass is 10.0. The smallest absolute Gasteiger partial charge is 0.303 e. The Bertz CT molecular complexity index is 1570. The second-order valence-corrected chi connectivity index (χ2v) is 10.9. The van der Waals surface area contributed by atoms with Crippen LogP contribution in [0, 0.1) is 0 Å². The van der Waals surface area contributed by atoms with Gasteiger partial charge in [-0.2, -0.15) is 12.7 Å². The Balaban J connectivity index is 1.43. The molecule has 1 aliphatic rings. The van der Waals surface area contributed by atoms with Gasteiger partial charge in [-0.05, 0) is 47.9 Å². The van der Waals surface area contributed by atoms with E-state index in [9.17, 15) is 13.2 Å². The number of hydrogen-bond acceptors (Lipinski definition) is 4. The van der Waals surface area contributed by atoms with Gasteiger partial charge in [0, 0.05) is 43.0 Å². The molecule has 10 heteroatoms. The molecule has 35 heavy (non-hydrogen) atoms. The first-order valence-electron chi connectivity index (χ1n) is 10.7. The summed E-state index contributed by atoms with van der Waals surface area (Å²) >= 11 is 12.9. The van der Waals surface area contributed by atoms with Crippen LogP contribution >= 0.6 is 23.2 Å². The molecule has 4 aromatic rings. The van der Waals surface area contributed by atoms with Crippen molar-refractivity contribution in [1.29, 1.82) is 0 Å². The van der Waals surface area contributed by atoms with Gasteiger partial charge in [0.05, 0.1) is 27.0 Å². The Morgan fingerprint density at radius 2 is 1.77 bits per heavy atom. The maximum absolute atomic E-state index is 13.0. The number of pyridine rings is 1. The lowest BCUT2D eigenvalue weighted by molar-refractivity contribution is 0.102. The van der Waals surface area contributed by atoms with Gasteiger partial charge in [-0.15, -0.1) is 0 Å². The quantitative estimate of drug-likeness (QED) is 0.382. The number of rotatable bonds is 4. The summed E-state index contributed by atoms with van der Waals surface area (Å²) in [6.45, 7) is 0.698. The summed E-state index contributed by atoms with van der Waals surface area (Å²) in [4.78, 5) is 17.5. The van der Waals surface area contributed by atoms with Gasteiger partial charge in [0.15, 0.2) is 0 Å². The van der Waals surface area contributed by atoms with Crippen LogP contribution in [-0.4, -0.2) is 43.8 Å². The van der Waals surface area contributed by atoms with E-state index in [-0.39, 0.29) is 10.6 Å². The third-order valence-corrected chi connectivity index (χ3v) is 8.49. The lowest BCUT2D eigenvalue weighted by Gasteiger charge is -2.19. The van der Waals surface area contributed by atoms with Gasteiger partial charge in [0.1, 0.15) is 0 Å². The highest BCUT2D eigenvalue weighted by Crippen LogP contribution is 2.34. The molecule has 2 heterocycles. The highest BCUT2D eigenvalue weighted by molar-refractivity contribution is 7.90. The lowest BCUT2D eigenvalue weighted by Crippen LogP contribution is -2.30. The predicted molar refractivity (Wildman–Crippen MR) is 140 cm³/mol. The van der Waals surface area contributed by atoms with Crippen molar-refractivity contribution >= 4 is 61.5 Å². The molecule has 0 unspecified atom stereocenters. The van der Waals surface area contributed by atoms with Gasteiger partial charge in [-0.3, -0.25) is 14.1 Å². The molecule has 5 rings (SSSR count). The molecular weight excluding hydrogens is 507 g/mol. The van der Waals surface area contributed by atoms with E-state index in [0.29, 0.717) is 40.7 Å². The van der Waals surface area contributed by atoms with E-state index in [4.69, 9.17) is 23.2 Å². The summed E-state index contributed by atoms with van der Waals surface area (Å²) in [6, 6.07) is 19.5. The Morgan fingerprint density at radius 1 is 0.971 bits per heavy atom. The van der Waals surface area contributed by atoms with Crippen molar-refractivity contribution in [3.05, 3.63) is 88.5 Å². The summed E-state index contributed by atoms with van der Waals surface area (Å²) in [5.41, 5.74) is 2.55. The maximum Gasteiger partial charge on any atom is 0.303 e. The average Bonchev–Trinajstić information content (AvgIpc) is 3.11. The van der Waals surface area contributed by atoms with Gasteiger partial charge in [-0.1, -0.05) is 47.5 Å². The number of nitrogens with zero attached hydrogens (tertiary/aromatic N) is 3. The van der Waals surface area contributed by atoms with Gasteiger partial charge in [0.2, 0.25) is 0 Å². The molecule has 1 saturated heterocycles. The predicted octanol–water partition coefficient (Wildman–Crippen LogP) is 5.46. The van der Waals surface area contributed by atoms with Crippen LogP contribution in [-0.2, 0) is 10.2 Å². The monoisotopic (exact) mass is 526 g/mol. The standard InChI is InChI=1S/C25H20Cl2N4O3S/c1-30-12-13-31(35(30,33)34)18-7-8-20(23(27)15-18)25(32)29-17-6-9-22(26)21(14-17)24-19-5-3-2-4-16(19)10-11-28-24/h2-11,14-15H,12-13H2,1H3,(H,29,32). The number of anilines is 2. The van der Waals surface area contributed by atoms with Crippen LogP contribution in [0.5, 0.6) is 0 Å². The summed E-state index contributed by atoms with van der Waals surface area (Å²) in [7, 11) is -2.06. The second kappa shape index (κ2) is 9.13. The third-order valence-electron chi connectivity index (χ3n) is 5.93. The molecule has 1 aliphatic heterocycles. The Hall–Kier alpha value is -3.17. The van der Waals surface area contributed by atoms with Crippen LogP contribution in [0.25, 0.3) is 22.0 Å². The zero-order valence-corrected chi connectivity index (χ0v) is 20.9. The van der Waals surface area contributed by atoms with E-state index in [1.165, 1.54) is 27.8 Å². The molecule has 178 valence electrons. The summed E-state index contributed by atoms with van der Waals surface area (Å²) in [6.07, 6.45) is 1.72. The van der Waals surface area contributed by atoms with Crippen LogP contribution in [0.3, 0.4) is 0 Å². The summed E-state index contributed by atoms with van der Waals surface area (Å²) < 4.78 is 27.4. The molecule has 1 aromatic heterocycles. The second-order valence-electron chi connectivity index (χ2n) is 8.10. The van der Waals surface area contributed by atoms with Crippen molar-refractivity contribution in [2.45, 2.75) is 0 Å². The van der Waals surface area contributed by atoms with Gasteiger partial charge in [0.25, 0.3) is 5.91 Å². The van der Waals surface area contributed by atoms with E-state index < -0.39 is 16.1 Å². The number of amides is 1. The molecule has 7 nitrogen and oxygen atoms in total. The Morgan fingerprint density at radius 3 is 2.51 bits per heavy atom. The van der Waals surface area contributed by atoms with Crippen LogP contribution in [0.1, 0.15) is 10.4 Å². The molecular formula is C25H20Cl2N4O3S. The summed E-state index contributed by atoms with van der Waals surface area (Å²) in [5, 5.41) is 5.47. The number of carbonyl (C=O) groups excluding carboxylic acids is 1. The Labute approximate surface area is 213 Å². The molecule has 0 atom stereocenters. The number of hydrogen-bond donors (Lipinski definition) is 1. The molecule has 0 radical (unpaired) electrons. The number of nitrogens with one attached hydrogen (secondary N) is 1. The molecule has 3 aromatic carbocycles. The zero-order valence-electron chi connectivity index (χ0n) is 18.6. The van der Waals surface area contributed by atoms with Crippen LogP contribution in [0.15, 0.2) is 72.9 Å². The number of fused-ring (bicyclic) bond motifs is 1. The van der Waals surface area contributed by atoms with E-state index in [2.05, 4.69) is 10.3 Å². The molecule has 0 saturated carbocycles. The minimum absolute atomic E-state index is 0.148. The number of carbonyl (C=O) groups is 1. The van der Waals surface area contributed by atoms with Gasteiger partial charge in [-0.25, -0.2) is 0 Å². The largest absolute Gasteiger partial charge is 0.322 e. The van der Waals surface area contributed by atoms with Crippen molar-refractivity contribution in [3.8, 4) is 11.3 Å². The number of aromatic nitrogens is 1. The first-order valence-corrected chi connectivity index (χ1v) is 12.9. The number of benzene rings is 3. The summed E-state index contributed by atoms with van der Waals surface area (Å²) in [5.74, 6) is -0.429. The number of halogens is 2. The van der Waals surface area contributed by atoms with E-state index in [0.717, 1.165) is 10.8 Å². The van der Waals surface area contributed by atoms with E-state index >= 15 is 0 Å². The molecule has 0 bridgehead atoms. The molecule has 0 spiro atoms. The first-order chi connectivity index (χ1) is 16.8. The minimum atomic E-state index is -3.58. The fourth-order valence-electron chi connectivity index (χ4n) is 4.05. The van der Waals surface area contributed by atoms with Crippen molar-refractivity contribution in [1.82, 2.24) is 9.29 Å². The van der Waals surface area contributed by atoms with Gasteiger partial charge < -0.3 is 5.32 Å². The topological polar surface area (TPSA) is 82.6 Å². The van der Waals surface area contributed by atoms with Crippen molar-refractivity contribution < 1.29 is 13.2 Å².